The van der Waals surface area contributed by atoms with E-state index >= 15 is 0 Å². The lowest BCUT2D eigenvalue weighted by Crippen LogP contribution is -2.30. The SMILES string of the molecule is CC(c1cccnc1)N(C)C(=O)c1ccc2ccn(C)c2n1. The number of pyridine rings is 2. The summed E-state index contributed by atoms with van der Waals surface area (Å²) in [6.45, 7) is 1.98. The molecular formula is C17H18N4O. The van der Waals surface area contributed by atoms with Crippen LogP contribution in [0.5, 0.6) is 0 Å². The van der Waals surface area contributed by atoms with E-state index in [-0.39, 0.29) is 11.9 Å². The van der Waals surface area contributed by atoms with E-state index in [1.54, 1.807) is 30.4 Å². The van der Waals surface area contributed by atoms with Crippen LogP contribution in [0.4, 0.5) is 0 Å². The third kappa shape index (κ3) is 2.45. The van der Waals surface area contributed by atoms with Crippen molar-refractivity contribution in [3.63, 3.8) is 0 Å². The summed E-state index contributed by atoms with van der Waals surface area (Å²) in [4.78, 5) is 23.0. The van der Waals surface area contributed by atoms with E-state index in [0.29, 0.717) is 5.69 Å². The van der Waals surface area contributed by atoms with Gasteiger partial charge < -0.3 is 9.47 Å². The van der Waals surface area contributed by atoms with Crippen LogP contribution in [0.15, 0.2) is 48.9 Å². The normalized spacial score (nSPS) is 12.3. The molecule has 1 amide bonds. The second-order valence-electron chi connectivity index (χ2n) is 5.41. The molecule has 0 fully saturated rings. The lowest BCUT2D eigenvalue weighted by Gasteiger charge is -2.24. The van der Waals surface area contributed by atoms with Gasteiger partial charge in [0.15, 0.2) is 0 Å². The van der Waals surface area contributed by atoms with Gasteiger partial charge in [-0.05, 0) is 36.8 Å². The lowest BCUT2D eigenvalue weighted by molar-refractivity contribution is 0.0737. The molecule has 3 aromatic heterocycles. The molecule has 1 atom stereocenters. The van der Waals surface area contributed by atoms with Gasteiger partial charge in [0.05, 0.1) is 6.04 Å². The van der Waals surface area contributed by atoms with Crippen LogP contribution in [-0.2, 0) is 7.05 Å². The Hall–Kier alpha value is -2.69. The van der Waals surface area contributed by atoms with Crippen molar-refractivity contribution in [1.82, 2.24) is 19.4 Å². The van der Waals surface area contributed by atoms with Gasteiger partial charge in [0.2, 0.25) is 0 Å². The van der Waals surface area contributed by atoms with E-state index in [2.05, 4.69) is 9.97 Å². The van der Waals surface area contributed by atoms with Gasteiger partial charge in [-0.3, -0.25) is 9.78 Å². The monoisotopic (exact) mass is 294 g/mol. The molecule has 3 rings (SSSR count). The number of carbonyl (C=O) groups excluding carboxylic acids is 1. The number of aryl methyl sites for hydroxylation is 1. The molecule has 0 saturated carbocycles. The Bertz CT molecular complexity index is 810. The smallest absolute Gasteiger partial charge is 0.272 e. The number of hydrogen-bond donors (Lipinski definition) is 0. The molecule has 5 nitrogen and oxygen atoms in total. The number of carbonyl (C=O) groups is 1. The maximum Gasteiger partial charge on any atom is 0.272 e. The quantitative estimate of drug-likeness (QED) is 0.746. The highest BCUT2D eigenvalue weighted by Crippen LogP contribution is 2.20. The van der Waals surface area contributed by atoms with Gasteiger partial charge in [-0.25, -0.2) is 4.98 Å². The fraction of sp³-hybridized carbons (Fsp3) is 0.235. The molecule has 0 N–H and O–H groups in total. The highest BCUT2D eigenvalue weighted by atomic mass is 16.2. The van der Waals surface area contributed by atoms with Crippen LogP contribution >= 0.6 is 0 Å². The van der Waals surface area contributed by atoms with Crippen LogP contribution in [0.3, 0.4) is 0 Å². The molecule has 22 heavy (non-hydrogen) atoms. The van der Waals surface area contributed by atoms with Crippen molar-refractivity contribution in [1.29, 1.82) is 0 Å². The van der Waals surface area contributed by atoms with E-state index in [1.807, 2.05) is 49.0 Å². The number of hydrogen-bond acceptors (Lipinski definition) is 3. The van der Waals surface area contributed by atoms with E-state index in [1.165, 1.54) is 0 Å². The Morgan fingerprint density at radius 1 is 1.27 bits per heavy atom. The van der Waals surface area contributed by atoms with Gasteiger partial charge in [-0.2, -0.15) is 0 Å². The summed E-state index contributed by atoms with van der Waals surface area (Å²) in [6.07, 6.45) is 5.44. The highest BCUT2D eigenvalue weighted by Gasteiger charge is 2.20. The minimum absolute atomic E-state index is 0.0629. The Morgan fingerprint density at radius 3 is 2.82 bits per heavy atom. The highest BCUT2D eigenvalue weighted by molar-refractivity contribution is 5.94. The molecule has 0 aliphatic rings. The molecule has 0 saturated heterocycles. The van der Waals surface area contributed by atoms with E-state index in [9.17, 15) is 4.79 Å². The first kappa shape index (κ1) is 14.3. The molecule has 1 unspecified atom stereocenters. The number of amides is 1. The Balaban J connectivity index is 1.89. The molecule has 3 heterocycles. The van der Waals surface area contributed by atoms with Crippen molar-refractivity contribution in [2.24, 2.45) is 7.05 Å². The summed E-state index contributed by atoms with van der Waals surface area (Å²) in [5.41, 5.74) is 2.26. The molecular weight excluding hydrogens is 276 g/mol. The van der Waals surface area contributed by atoms with Crippen molar-refractivity contribution in [3.8, 4) is 0 Å². The largest absolute Gasteiger partial charge is 0.336 e. The molecule has 0 aromatic carbocycles. The van der Waals surface area contributed by atoms with E-state index in [0.717, 1.165) is 16.6 Å². The molecule has 0 radical (unpaired) electrons. The van der Waals surface area contributed by atoms with Crippen LogP contribution in [-0.4, -0.2) is 32.4 Å². The number of aromatic nitrogens is 3. The first-order valence-corrected chi connectivity index (χ1v) is 7.17. The maximum absolute atomic E-state index is 12.7. The molecule has 112 valence electrons. The van der Waals surface area contributed by atoms with Gasteiger partial charge in [-0.1, -0.05) is 6.07 Å². The minimum Gasteiger partial charge on any atom is -0.336 e. The first-order valence-electron chi connectivity index (χ1n) is 7.17. The minimum atomic E-state index is -0.0977. The Morgan fingerprint density at radius 2 is 2.09 bits per heavy atom. The zero-order valence-corrected chi connectivity index (χ0v) is 12.9. The maximum atomic E-state index is 12.7. The molecule has 0 spiro atoms. The summed E-state index contributed by atoms with van der Waals surface area (Å²) < 4.78 is 1.91. The third-order valence-electron chi connectivity index (χ3n) is 4.00. The van der Waals surface area contributed by atoms with Crippen LogP contribution in [0.25, 0.3) is 11.0 Å². The van der Waals surface area contributed by atoms with E-state index in [4.69, 9.17) is 0 Å². The Labute approximate surface area is 129 Å². The summed E-state index contributed by atoms with van der Waals surface area (Å²) in [5, 5.41) is 1.03. The molecule has 5 heteroatoms. The average Bonchev–Trinajstić information content (AvgIpc) is 2.94. The van der Waals surface area contributed by atoms with Crippen molar-refractivity contribution >= 4 is 16.9 Å². The van der Waals surface area contributed by atoms with Gasteiger partial charge in [0.1, 0.15) is 11.3 Å². The van der Waals surface area contributed by atoms with Crippen molar-refractivity contribution in [3.05, 3.63) is 60.2 Å². The van der Waals surface area contributed by atoms with Gasteiger partial charge >= 0.3 is 0 Å². The van der Waals surface area contributed by atoms with Crippen LogP contribution in [0, 0.1) is 0 Å². The standard InChI is InChI=1S/C17H18N4O/c1-12(14-5-4-9-18-11-14)21(3)17(22)15-7-6-13-8-10-20(2)16(13)19-15/h4-12H,1-3H3. The van der Waals surface area contributed by atoms with E-state index < -0.39 is 0 Å². The van der Waals surface area contributed by atoms with Crippen molar-refractivity contribution in [2.45, 2.75) is 13.0 Å². The fourth-order valence-electron chi connectivity index (χ4n) is 2.46. The number of fused-ring (bicyclic) bond motifs is 1. The third-order valence-corrected chi connectivity index (χ3v) is 4.00. The van der Waals surface area contributed by atoms with Gasteiger partial charge in [0, 0.05) is 38.1 Å². The van der Waals surface area contributed by atoms with Crippen molar-refractivity contribution < 1.29 is 4.79 Å². The summed E-state index contributed by atoms with van der Waals surface area (Å²) in [6, 6.07) is 9.47. The molecule has 0 bridgehead atoms. The zero-order chi connectivity index (χ0) is 15.7. The lowest BCUT2D eigenvalue weighted by atomic mass is 10.1. The predicted octanol–water partition coefficient (Wildman–Crippen LogP) is 2.80. The van der Waals surface area contributed by atoms with Crippen molar-refractivity contribution in [2.75, 3.05) is 7.05 Å². The predicted molar refractivity (Wildman–Crippen MR) is 85.5 cm³/mol. The number of rotatable bonds is 3. The summed E-state index contributed by atoms with van der Waals surface area (Å²) in [7, 11) is 3.71. The molecule has 0 aliphatic carbocycles. The second kappa shape index (κ2) is 5.60. The Kier molecular flexibility index (Phi) is 3.63. The molecule has 3 aromatic rings. The molecule has 0 aliphatic heterocycles. The van der Waals surface area contributed by atoms with Crippen LogP contribution in [0.2, 0.25) is 0 Å². The van der Waals surface area contributed by atoms with Crippen LogP contribution in [0.1, 0.15) is 29.0 Å². The zero-order valence-electron chi connectivity index (χ0n) is 12.9. The summed E-state index contributed by atoms with van der Waals surface area (Å²) in [5.74, 6) is -0.0977. The number of nitrogens with zero attached hydrogens (tertiary/aromatic N) is 4. The van der Waals surface area contributed by atoms with Gasteiger partial charge in [-0.15, -0.1) is 0 Å². The van der Waals surface area contributed by atoms with Gasteiger partial charge in [0.25, 0.3) is 5.91 Å². The van der Waals surface area contributed by atoms with Crippen LogP contribution < -0.4 is 0 Å². The topological polar surface area (TPSA) is 51.0 Å². The first-order chi connectivity index (χ1) is 10.6. The average molecular weight is 294 g/mol. The second-order valence-corrected chi connectivity index (χ2v) is 5.41. The summed E-state index contributed by atoms with van der Waals surface area (Å²) >= 11 is 0. The fourth-order valence-corrected chi connectivity index (χ4v) is 2.46.